The smallest absolute Gasteiger partial charge is 0.415 e. The van der Waals surface area contributed by atoms with E-state index >= 15 is 0 Å². The molecule has 4 aromatic heterocycles. The number of alkyl halides is 3. The van der Waals surface area contributed by atoms with Crippen molar-refractivity contribution in [3.63, 3.8) is 0 Å². The number of carbonyl (C=O) groups is 1. The molecule has 4 aromatic rings. The van der Waals surface area contributed by atoms with Crippen molar-refractivity contribution in [1.29, 1.82) is 0 Å². The molecule has 0 aliphatic rings. The number of carbonyl (C=O) groups excluding carboxylic acids is 1. The second-order valence-electron chi connectivity index (χ2n) is 6.54. The SMILES string of the molecule is Cc1noc(C)c1-c1ccc(C[n+]2cc([N-]C(=O)Nc3cnc(C(F)(F)F)s3)on2)nc1. The Kier molecular flexibility index (Phi) is 5.61. The van der Waals surface area contributed by atoms with Gasteiger partial charge in [0.05, 0.1) is 5.69 Å². The lowest BCUT2D eigenvalue weighted by Crippen LogP contribution is -2.35. The van der Waals surface area contributed by atoms with Gasteiger partial charge in [0.1, 0.15) is 11.5 Å². The van der Waals surface area contributed by atoms with Gasteiger partial charge in [-0.1, -0.05) is 11.2 Å². The van der Waals surface area contributed by atoms with Gasteiger partial charge < -0.3 is 19.7 Å². The minimum atomic E-state index is -4.58. The summed E-state index contributed by atoms with van der Waals surface area (Å²) in [6.07, 6.45) is -0.636. The van der Waals surface area contributed by atoms with Crippen LogP contribution in [0.25, 0.3) is 16.4 Å². The van der Waals surface area contributed by atoms with E-state index in [1.807, 2.05) is 19.9 Å². The molecule has 0 saturated heterocycles. The second-order valence-corrected chi connectivity index (χ2v) is 7.58. The number of hydrogen-bond acceptors (Lipinski definition) is 8. The largest absolute Gasteiger partial charge is 0.443 e. The molecule has 0 spiro atoms. The van der Waals surface area contributed by atoms with Crippen LogP contribution >= 0.6 is 11.3 Å². The van der Waals surface area contributed by atoms with Crippen LogP contribution in [0.3, 0.4) is 0 Å². The van der Waals surface area contributed by atoms with Crippen molar-refractivity contribution >= 4 is 28.3 Å². The number of aromatic nitrogens is 5. The van der Waals surface area contributed by atoms with Crippen LogP contribution in [0.15, 0.2) is 39.8 Å². The lowest BCUT2D eigenvalue weighted by molar-refractivity contribution is -0.755. The van der Waals surface area contributed by atoms with E-state index in [1.165, 1.54) is 10.9 Å². The molecule has 0 aliphatic heterocycles. The molecule has 14 heteroatoms. The Morgan fingerprint density at radius 3 is 2.66 bits per heavy atom. The molecule has 10 nitrogen and oxygen atoms in total. The highest BCUT2D eigenvalue weighted by atomic mass is 32.1. The van der Waals surface area contributed by atoms with Crippen LogP contribution in [0.1, 0.15) is 22.2 Å². The maximum absolute atomic E-state index is 12.6. The van der Waals surface area contributed by atoms with E-state index in [4.69, 9.17) is 9.05 Å². The topological polar surface area (TPSA) is 125 Å². The van der Waals surface area contributed by atoms with E-state index in [9.17, 15) is 18.0 Å². The fourth-order valence-electron chi connectivity index (χ4n) is 2.82. The fourth-order valence-corrected chi connectivity index (χ4v) is 3.49. The van der Waals surface area contributed by atoms with E-state index in [2.05, 4.69) is 31.0 Å². The van der Waals surface area contributed by atoms with Crippen molar-refractivity contribution in [3.8, 4) is 11.1 Å². The zero-order chi connectivity index (χ0) is 22.9. The Morgan fingerprint density at radius 2 is 2.03 bits per heavy atom. The summed E-state index contributed by atoms with van der Waals surface area (Å²) in [6, 6.07) is 2.75. The molecule has 0 radical (unpaired) electrons. The van der Waals surface area contributed by atoms with E-state index in [1.54, 1.807) is 12.3 Å². The number of aryl methyl sites for hydroxylation is 2. The molecular formula is C18H14F3N7O3S. The summed E-state index contributed by atoms with van der Waals surface area (Å²) >= 11 is 0.290. The quantitative estimate of drug-likeness (QED) is 0.433. The van der Waals surface area contributed by atoms with E-state index in [0.29, 0.717) is 11.5 Å². The summed E-state index contributed by atoms with van der Waals surface area (Å²) in [5, 5.41) is 12.3. The third kappa shape index (κ3) is 4.74. The fraction of sp³-hybridized carbons (Fsp3) is 0.222. The average molecular weight is 465 g/mol. The van der Waals surface area contributed by atoms with Crippen molar-refractivity contribution < 1.29 is 31.7 Å². The summed E-state index contributed by atoms with van der Waals surface area (Å²) in [7, 11) is 0. The molecule has 0 atom stereocenters. The van der Waals surface area contributed by atoms with Crippen molar-refractivity contribution in [1.82, 2.24) is 20.4 Å². The van der Waals surface area contributed by atoms with Gasteiger partial charge in [-0.25, -0.2) is 4.98 Å². The first kappa shape index (κ1) is 21.4. The van der Waals surface area contributed by atoms with Gasteiger partial charge in [-0.15, -0.1) is 11.3 Å². The van der Waals surface area contributed by atoms with Gasteiger partial charge in [-0.2, -0.15) is 13.2 Å². The lowest BCUT2D eigenvalue weighted by Gasteiger charge is -2.09. The zero-order valence-electron chi connectivity index (χ0n) is 16.5. The molecule has 0 fully saturated rings. The van der Waals surface area contributed by atoms with Gasteiger partial charge in [0, 0.05) is 28.5 Å². The number of halogens is 3. The number of nitrogens with zero attached hydrogens (tertiary/aromatic N) is 6. The highest BCUT2D eigenvalue weighted by molar-refractivity contribution is 7.16. The van der Waals surface area contributed by atoms with Gasteiger partial charge in [0.2, 0.25) is 18.6 Å². The highest BCUT2D eigenvalue weighted by Crippen LogP contribution is 2.34. The molecule has 4 heterocycles. The molecule has 0 unspecified atom stereocenters. The number of anilines is 1. The van der Waals surface area contributed by atoms with Gasteiger partial charge in [0.15, 0.2) is 16.3 Å². The Labute approximate surface area is 182 Å². The van der Waals surface area contributed by atoms with Crippen LogP contribution < -0.4 is 10.00 Å². The van der Waals surface area contributed by atoms with Crippen molar-refractivity contribution in [2.24, 2.45) is 0 Å². The molecule has 4 rings (SSSR count). The maximum Gasteiger partial charge on any atom is 0.443 e. The first-order valence-electron chi connectivity index (χ1n) is 8.99. The number of urea groups is 1. The van der Waals surface area contributed by atoms with Gasteiger partial charge >= 0.3 is 6.18 Å². The lowest BCUT2D eigenvalue weighted by atomic mass is 10.1. The predicted octanol–water partition coefficient (Wildman–Crippen LogP) is 4.39. The van der Waals surface area contributed by atoms with Crippen LogP contribution in [0.5, 0.6) is 0 Å². The normalized spacial score (nSPS) is 11.5. The number of pyridine rings is 1. The molecule has 0 aliphatic carbocycles. The van der Waals surface area contributed by atoms with Crippen molar-refractivity contribution in [3.05, 3.63) is 58.2 Å². The minimum Gasteiger partial charge on any atom is -0.415 e. The van der Waals surface area contributed by atoms with E-state index in [-0.39, 0.29) is 28.8 Å². The summed E-state index contributed by atoms with van der Waals surface area (Å²) in [6.45, 7) is 3.91. The molecular weight excluding hydrogens is 451 g/mol. The van der Waals surface area contributed by atoms with Crippen LogP contribution in [-0.4, -0.2) is 26.4 Å². The Bertz CT molecular complexity index is 1230. The standard InChI is InChI=1S/C18H14F3N7O3S/c1-9-15(10(2)30-26-9)11-3-4-12(22-5-11)7-28-8-13(31-27-28)24-17(29)25-14-6-23-16(32-14)18(19,20)21/h3-6,8H,7H2,1-2H3,(H-,24,25,27,29). The third-order valence-corrected chi connectivity index (χ3v) is 5.12. The summed E-state index contributed by atoms with van der Waals surface area (Å²) in [5.74, 6) is 0.566. The number of hydrogen-bond donors (Lipinski definition) is 1. The van der Waals surface area contributed by atoms with E-state index in [0.717, 1.165) is 23.0 Å². The molecule has 32 heavy (non-hydrogen) atoms. The molecule has 0 saturated carbocycles. The summed E-state index contributed by atoms with van der Waals surface area (Å²) < 4.78 is 49.2. The molecule has 0 bridgehead atoms. The van der Waals surface area contributed by atoms with Gasteiger partial charge in [-0.05, 0) is 24.6 Å². The summed E-state index contributed by atoms with van der Waals surface area (Å²) in [5.41, 5.74) is 3.17. The first-order chi connectivity index (χ1) is 15.2. The van der Waals surface area contributed by atoms with Gasteiger partial charge in [-0.3, -0.25) is 9.78 Å². The minimum absolute atomic E-state index is 0.0962. The molecule has 1 N–H and O–H groups in total. The predicted molar refractivity (Wildman–Crippen MR) is 104 cm³/mol. The monoisotopic (exact) mass is 465 g/mol. The van der Waals surface area contributed by atoms with Crippen LogP contribution in [0, 0.1) is 13.8 Å². The Balaban J connectivity index is 1.35. The number of amides is 2. The highest BCUT2D eigenvalue weighted by Gasteiger charge is 2.34. The van der Waals surface area contributed by atoms with Crippen molar-refractivity contribution in [2.75, 3.05) is 5.32 Å². The van der Waals surface area contributed by atoms with Crippen LogP contribution in [0.4, 0.5) is 28.9 Å². The van der Waals surface area contributed by atoms with Crippen molar-refractivity contribution in [2.45, 2.75) is 26.6 Å². The number of rotatable bonds is 5. The molecule has 0 aromatic carbocycles. The third-order valence-electron chi connectivity index (χ3n) is 4.16. The molecule has 2 amide bonds. The average Bonchev–Trinajstić information content (AvgIpc) is 3.44. The Hall–Kier alpha value is -3.81. The van der Waals surface area contributed by atoms with Crippen LogP contribution in [-0.2, 0) is 12.7 Å². The first-order valence-corrected chi connectivity index (χ1v) is 9.81. The molecule has 166 valence electrons. The number of thiazole rings is 1. The maximum atomic E-state index is 12.6. The summed E-state index contributed by atoms with van der Waals surface area (Å²) in [4.78, 5) is 19.5. The Morgan fingerprint density at radius 1 is 1.22 bits per heavy atom. The van der Waals surface area contributed by atoms with E-state index < -0.39 is 17.2 Å². The second kappa shape index (κ2) is 8.37. The van der Waals surface area contributed by atoms with Crippen LogP contribution in [0.2, 0.25) is 0 Å². The number of nitrogens with one attached hydrogen (secondary N) is 1. The van der Waals surface area contributed by atoms with Gasteiger partial charge in [0.25, 0.3) is 0 Å². The zero-order valence-corrected chi connectivity index (χ0v) is 17.4.